The van der Waals surface area contributed by atoms with Gasteiger partial charge >= 0.3 is 5.97 Å². The highest BCUT2D eigenvalue weighted by Gasteiger charge is 2.18. The summed E-state index contributed by atoms with van der Waals surface area (Å²) in [7, 11) is 0. The zero-order valence-corrected chi connectivity index (χ0v) is 11.6. The zero-order chi connectivity index (χ0) is 13.7. The zero-order valence-electron chi connectivity index (χ0n) is 11.6. The first-order chi connectivity index (χ1) is 8.40. The van der Waals surface area contributed by atoms with Crippen LogP contribution in [0.4, 0.5) is 0 Å². The van der Waals surface area contributed by atoms with E-state index in [1.165, 1.54) is 0 Å². The van der Waals surface area contributed by atoms with Crippen LogP contribution in [0.15, 0.2) is 12.3 Å². The lowest BCUT2D eigenvalue weighted by molar-refractivity contribution is -0.140. The van der Waals surface area contributed by atoms with Gasteiger partial charge in [-0.15, -0.1) is 0 Å². The molecule has 1 unspecified atom stereocenters. The second-order valence-electron chi connectivity index (χ2n) is 5.28. The van der Waals surface area contributed by atoms with Crippen LogP contribution in [0.2, 0.25) is 0 Å². The minimum atomic E-state index is -0.799. The molecule has 0 radical (unpaired) electrons. The summed E-state index contributed by atoms with van der Waals surface area (Å²) in [5.41, 5.74) is 0.874. The van der Waals surface area contributed by atoms with E-state index in [1.54, 1.807) is 0 Å². The molecule has 0 aliphatic carbocycles. The van der Waals surface area contributed by atoms with Gasteiger partial charge in [0.15, 0.2) is 0 Å². The standard InChI is InChI=1S/C13H23N3O2/c1-9(2)7-12(13(17)18)14-8-11-5-6-16(15-11)10(3)4/h5-6,9-10,12,14H,7-8H2,1-4H3,(H,17,18). The van der Waals surface area contributed by atoms with E-state index in [1.807, 2.05) is 30.8 Å². The van der Waals surface area contributed by atoms with Crippen molar-refractivity contribution >= 4 is 5.97 Å². The van der Waals surface area contributed by atoms with Crippen LogP contribution in [-0.2, 0) is 11.3 Å². The van der Waals surface area contributed by atoms with Crippen LogP contribution in [0.1, 0.15) is 45.9 Å². The molecule has 1 aromatic heterocycles. The van der Waals surface area contributed by atoms with Crippen molar-refractivity contribution in [1.29, 1.82) is 0 Å². The van der Waals surface area contributed by atoms with Gasteiger partial charge in [0.25, 0.3) is 0 Å². The number of aromatic nitrogens is 2. The number of nitrogens with one attached hydrogen (secondary N) is 1. The predicted octanol–water partition coefficient (Wildman–Crippen LogP) is 2.05. The second-order valence-corrected chi connectivity index (χ2v) is 5.28. The maximum Gasteiger partial charge on any atom is 0.320 e. The van der Waals surface area contributed by atoms with Crippen LogP contribution in [0.3, 0.4) is 0 Å². The van der Waals surface area contributed by atoms with Crippen LogP contribution < -0.4 is 5.32 Å². The lowest BCUT2D eigenvalue weighted by atomic mass is 10.0. The molecule has 0 amide bonds. The Morgan fingerprint density at radius 3 is 2.56 bits per heavy atom. The Balaban J connectivity index is 2.53. The number of hydrogen-bond acceptors (Lipinski definition) is 3. The van der Waals surface area contributed by atoms with Gasteiger partial charge in [0.1, 0.15) is 6.04 Å². The third-order valence-corrected chi connectivity index (χ3v) is 2.73. The number of rotatable bonds is 7. The van der Waals surface area contributed by atoms with Gasteiger partial charge < -0.3 is 5.11 Å². The summed E-state index contributed by atoms with van der Waals surface area (Å²) in [6.45, 7) is 8.64. The molecule has 1 heterocycles. The highest BCUT2D eigenvalue weighted by molar-refractivity contribution is 5.73. The fourth-order valence-electron chi connectivity index (χ4n) is 1.73. The first kappa shape index (κ1) is 14.7. The molecule has 0 fully saturated rings. The van der Waals surface area contributed by atoms with Gasteiger partial charge in [0.05, 0.1) is 5.69 Å². The molecule has 2 N–H and O–H groups in total. The van der Waals surface area contributed by atoms with E-state index < -0.39 is 12.0 Å². The Kier molecular flexibility index (Phi) is 5.34. The van der Waals surface area contributed by atoms with Gasteiger partial charge in [-0.25, -0.2) is 0 Å². The normalized spacial score (nSPS) is 13.2. The first-order valence-corrected chi connectivity index (χ1v) is 6.40. The molecule has 1 rings (SSSR count). The van der Waals surface area contributed by atoms with Gasteiger partial charge in [-0.2, -0.15) is 5.10 Å². The van der Waals surface area contributed by atoms with Crippen LogP contribution >= 0.6 is 0 Å². The van der Waals surface area contributed by atoms with Crippen molar-refractivity contribution in [1.82, 2.24) is 15.1 Å². The van der Waals surface area contributed by atoms with Crippen LogP contribution in [0.25, 0.3) is 0 Å². The smallest absolute Gasteiger partial charge is 0.320 e. The van der Waals surface area contributed by atoms with E-state index in [9.17, 15) is 4.79 Å². The molecule has 18 heavy (non-hydrogen) atoms. The molecular formula is C13H23N3O2. The van der Waals surface area contributed by atoms with Crippen molar-refractivity contribution in [3.63, 3.8) is 0 Å². The van der Waals surface area contributed by atoms with Gasteiger partial charge in [-0.3, -0.25) is 14.8 Å². The van der Waals surface area contributed by atoms with Crippen molar-refractivity contribution < 1.29 is 9.90 Å². The SMILES string of the molecule is CC(C)CC(NCc1ccn(C(C)C)n1)C(=O)O. The molecule has 0 aliphatic rings. The number of carboxylic acids is 1. The molecule has 0 saturated carbocycles. The van der Waals surface area contributed by atoms with Crippen LogP contribution in [-0.4, -0.2) is 26.9 Å². The summed E-state index contributed by atoms with van der Waals surface area (Å²) >= 11 is 0. The minimum Gasteiger partial charge on any atom is -0.480 e. The molecular weight excluding hydrogens is 230 g/mol. The molecule has 102 valence electrons. The molecule has 0 bridgehead atoms. The summed E-state index contributed by atoms with van der Waals surface area (Å²) < 4.78 is 1.87. The molecule has 0 saturated heterocycles. The Morgan fingerprint density at radius 2 is 2.11 bits per heavy atom. The molecule has 0 aromatic carbocycles. The summed E-state index contributed by atoms with van der Waals surface area (Å²) in [6, 6.07) is 1.74. The maximum absolute atomic E-state index is 11.1. The van der Waals surface area contributed by atoms with E-state index in [0.29, 0.717) is 24.9 Å². The van der Waals surface area contributed by atoms with Gasteiger partial charge in [-0.1, -0.05) is 13.8 Å². The Hall–Kier alpha value is -1.36. The number of carbonyl (C=O) groups is 1. The third-order valence-electron chi connectivity index (χ3n) is 2.73. The highest BCUT2D eigenvalue weighted by atomic mass is 16.4. The van der Waals surface area contributed by atoms with E-state index in [0.717, 1.165) is 5.69 Å². The van der Waals surface area contributed by atoms with E-state index >= 15 is 0 Å². The molecule has 1 aromatic rings. The van der Waals surface area contributed by atoms with Crippen molar-refractivity contribution in [2.24, 2.45) is 5.92 Å². The average Bonchev–Trinajstić information content (AvgIpc) is 2.72. The van der Waals surface area contributed by atoms with Crippen LogP contribution in [0, 0.1) is 5.92 Å². The molecule has 0 aliphatic heterocycles. The number of aliphatic carboxylic acids is 1. The van der Waals surface area contributed by atoms with Crippen molar-refractivity contribution in [3.8, 4) is 0 Å². The van der Waals surface area contributed by atoms with E-state index in [4.69, 9.17) is 5.11 Å². The number of nitrogens with zero attached hydrogens (tertiary/aromatic N) is 2. The maximum atomic E-state index is 11.1. The van der Waals surface area contributed by atoms with Crippen LogP contribution in [0.5, 0.6) is 0 Å². The Morgan fingerprint density at radius 1 is 1.44 bits per heavy atom. The summed E-state index contributed by atoms with van der Waals surface area (Å²) in [4.78, 5) is 11.1. The lowest BCUT2D eigenvalue weighted by Crippen LogP contribution is -2.37. The quantitative estimate of drug-likeness (QED) is 0.780. The van der Waals surface area contributed by atoms with Crippen molar-refractivity contribution in [3.05, 3.63) is 18.0 Å². The Labute approximate surface area is 108 Å². The monoisotopic (exact) mass is 253 g/mol. The molecule has 0 spiro atoms. The van der Waals surface area contributed by atoms with Crippen molar-refractivity contribution in [2.45, 2.75) is 52.7 Å². The fourth-order valence-corrected chi connectivity index (χ4v) is 1.73. The predicted molar refractivity (Wildman–Crippen MR) is 70.3 cm³/mol. The van der Waals surface area contributed by atoms with E-state index in [-0.39, 0.29) is 0 Å². The summed E-state index contributed by atoms with van der Waals surface area (Å²) in [5, 5.41) is 16.5. The topological polar surface area (TPSA) is 67.2 Å². The largest absolute Gasteiger partial charge is 0.480 e. The second kappa shape index (κ2) is 6.54. The number of carboxylic acid groups (broad SMARTS) is 1. The molecule has 5 nitrogen and oxygen atoms in total. The lowest BCUT2D eigenvalue weighted by Gasteiger charge is -2.15. The van der Waals surface area contributed by atoms with Gasteiger partial charge in [-0.05, 0) is 32.3 Å². The van der Waals surface area contributed by atoms with Crippen molar-refractivity contribution in [2.75, 3.05) is 0 Å². The number of hydrogen-bond donors (Lipinski definition) is 2. The first-order valence-electron chi connectivity index (χ1n) is 6.40. The highest BCUT2D eigenvalue weighted by Crippen LogP contribution is 2.07. The van der Waals surface area contributed by atoms with Gasteiger partial charge in [0.2, 0.25) is 0 Å². The third kappa shape index (κ3) is 4.49. The molecule has 5 heteroatoms. The molecule has 1 atom stereocenters. The Bertz CT molecular complexity index is 385. The average molecular weight is 253 g/mol. The summed E-state index contributed by atoms with van der Waals surface area (Å²) in [6.07, 6.45) is 2.54. The van der Waals surface area contributed by atoms with E-state index in [2.05, 4.69) is 24.3 Å². The minimum absolute atomic E-state index is 0.324. The fraction of sp³-hybridized carbons (Fsp3) is 0.692. The summed E-state index contributed by atoms with van der Waals surface area (Å²) in [5.74, 6) is -0.446. The van der Waals surface area contributed by atoms with Gasteiger partial charge in [0, 0.05) is 18.8 Å².